The third kappa shape index (κ3) is 4.43. The van der Waals surface area contributed by atoms with Crippen molar-refractivity contribution in [1.29, 1.82) is 0 Å². The molecule has 5 rings (SSSR count). The fourth-order valence-electron chi connectivity index (χ4n) is 4.37. The molecule has 2 saturated heterocycles. The first-order valence-corrected chi connectivity index (χ1v) is 11.5. The van der Waals surface area contributed by atoms with E-state index in [0.717, 1.165) is 6.42 Å². The first-order chi connectivity index (χ1) is 16.5. The number of carbonyl (C=O) groups excluding carboxylic acids is 3. The highest BCUT2D eigenvalue weighted by Gasteiger charge is 2.29. The fraction of sp³-hybridized carbons (Fsp3) is 0.478. The van der Waals surface area contributed by atoms with Gasteiger partial charge in [0.05, 0.1) is 24.3 Å². The zero-order chi connectivity index (χ0) is 23.7. The lowest BCUT2D eigenvalue weighted by atomic mass is 10.0. The smallest absolute Gasteiger partial charge is 0.259 e. The van der Waals surface area contributed by atoms with E-state index in [0.29, 0.717) is 69.6 Å². The highest BCUT2D eigenvalue weighted by Crippen LogP contribution is 2.30. The van der Waals surface area contributed by atoms with Crippen LogP contribution in [0.2, 0.25) is 0 Å². The third-order valence-electron chi connectivity index (χ3n) is 6.29. The molecule has 1 atom stereocenters. The van der Waals surface area contributed by atoms with Crippen molar-refractivity contribution in [2.45, 2.75) is 25.9 Å². The molecule has 2 fully saturated rings. The summed E-state index contributed by atoms with van der Waals surface area (Å²) in [5.41, 5.74) is 0.837. The molecule has 2 aromatic rings. The number of fused-ring (bicyclic) bond motifs is 1. The standard InChI is InChI=1S/C23H27N5O6/c1-14(29)27-7-9-28(10-8-27)19-3-2-17(23(26-19)34-15-5-11-32-12-15)25-21(30)16-13-33-18-4-6-24-22(31)20(16)18/h2-3,13,15H,4-12H2,1H3,(H,24,31)(H,25,30)/t15-/m0/s1. The molecule has 0 saturated carbocycles. The van der Waals surface area contributed by atoms with Crippen LogP contribution >= 0.6 is 0 Å². The van der Waals surface area contributed by atoms with Gasteiger partial charge in [0.15, 0.2) is 0 Å². The predicted molar refractivity (Wildman–Crippen MR) is 121 cm³/mol. The van der Waals surface area contributed by atoms with Gasteiger partial charge in [-0.25, -0.2) is 0 Å². The Morgan fingerprint density at radius 3 is 2.79 bits per heavy atom. The van der Waals surface area contributed by atoms with Crippen LogP contribution in [-0.2, 0) is 16.0 Å². The summed E-state index contributed by atoms with van der Waals surface area (Å²) in [4.78, 5) is 45.6. The first-order valence-electron chi connectivity index (χ1n) is 11.5. The zero-order valence-corrected chi connectivity index (χ0v) is 19.0. The molecule has 0 bridgehead atoms. The zero-order valence-electron chi connectivity index (χ0n) is 19.0. The molecular formula is C23H27N5O6. The molecule has 0 aliphatic carbocycles. The Labute approximate surface area is 196 Å². The number of aromatic nitrogens is 1. The number of ether oxygens (including phenoxy) is 2. The van der Waals surface area contributed by atoms with Crippen LogP contribution in [0, 0.1) is 0 Å². The number of hydrogen-bond donors (Lipinski definition) is 2. The third-order valence-corrected chi connectivity index (χ3v) is 6.29. The summed E-state index contributed by atoms with van der Waals surface area (Å²) >= 11 is 0. The molecule has 5 heterocycles. The number of piperazine rings is 1. The molecule has 180 valence electrons. The lowest BCUT2D eigenvalue weighted by Crippen LogP contribution is -2.48. The van der Waals surface area contributed by atoms with Crippen molar-refractivity contribution < 1.29 is 28.3 Å². The quantitative estimate of drug-likeness (QED) is 0.666. The Balaban J connectivity index is 1.38. The maximum absolute atomic E-state index is 13.1. The number of nitrogens with zero attached hydrogens (tertiary/aromatic N) is 3. The van der Waals surface area contributed by atoms with E-state index in [4.69, 9.17) is 18.9 Å². The molecule has 2 aromatic heterocycles. The van der Waals surface area contributed by atoms with Crippen LogP contribution in [0.25, 0.3) is 0 Å². The van der Waals surface area contributed by atoms with Crippen molar-refractivity contribution in [3.8, 4) is 5.88 Å². The molecule has 11 heteroatoms. The van der Waals surface area contributed by atoms with Crippen LogP contribution in [0.5, 0.6) is 5.88 Å². The maximum Gasteiger partial charge on any atom is 0.259 e. The van der Waals surface area contributed by atoms with Crippen LogP contribution in [0.1, 0.15) is 39.8 Å². The molecule has 0 radical (unpaired) electrons. The largest absolute Gasteiger partial charge is 0.470 e. The molecule has 0 unspecified atom stereocenters. The van der Waals surface area contributed by atoms with Crippen molar-refractivity contribution in [1.82, 2.24) is 15.2 Å². The summed E-state index contributed by atoms with van der Waals surface area (Å²) in [5.74, 6) is 0.766. The van der Waals surface area contributed by atoms with Crippen molar-refractivity contribution >= 4 is 29.2 Å². The molecule has 0 spiro atoms. The Morgan fingerprint density at radius 1 is 1.24 bits per heavy atom. The van der Waals surface area contributed by atoms with Crippen LogP contribution in [0.4, 0.5) is 11.5 Å². The second-order valence-corrected chi connectivity index (χ2v) is 8.53. The summed E-state index contributed by atoms with van der Waals surface area (Å²) in [6, 6.07) is 3.56. The average molecular weight is 469 g/mol. The summed E-state index contributed by atoms with van der Waals surface area (Å²) < 4.78 is 17.0. The summed E-state index contributed by atoms with van der Waals surface area (Å²) in [7, 11) is 0. The minimum absolute atomic E-state index is 0.0611. The fourth-order valence-corrected chi connectivity index (χ4v) is 4.37. The van der Waals surface area contributed by atoms with Gasteiger partial charge in [0.2, 0.25) is 11.8 Å². The van der Waals surface area contributed by atoms with Gasteiger partial charge in [-0.05, 0) is 12.1 Å². The molecule has 2 N–H and O–H groups in total. The van der Waals surface area contributed by atoms with Crippen molar-refractivity contribution in [3.63, 3.8) is 0 Å². The summed E-state index contributed by atoms with van der Waals surface area (Å²) in [6.07, 6.45) is 2.41. The van der Waals surface area contributed by atoms with Gasteiger partial charge < -0.3 is 34.3 Å². The molecule has 3 amide bonds. The number of rotatable bonds is 5. The van der Waals surface area contributed by atoms with E-state index in [9.17, 15) is 14.4 Å². The van der Waals surface area contributed by atoms with Gasteiger partial charge >= 0.3 is 0 Å². The second kappa shape index (κ2) is 9.34. The topological polar surface area (TPSA) is 126 Å². The first kappa shape index (κ1) is 22.2. The molecule has 0 aromatic carbocycles. The van der Waals surface area contributed by atoms with E-state index in [1.54, 1.807) is 17.9 Å². The van der Waals surface area contributed by atoms with Gasteiger partial charge in [-0.15, -0.1) is 0 Å². The number of amides is 3. The second-order valence-electron chi connectivity index (χ2n) is 8.53. The number of hydrogen-bond acceptors (Lipinski definition) is 8. The lowest BCUT2D eigenvalue weighted by molar-refractivity contribution is -0.129. The van der Waals surface area contributed by atoms with Crippen molar-refractivity contribution in [2.75, 3.05) is 56.2 Å². The van der Waals surface area contributed by atoms with E-state index >= 15 is 0 Å². The normalized spacial score (nSPS) is 20.0. The van der Waals surface area contributed by atoms with Gasteiger partial charge in [-0.2, -0.15) is 4.98 Å². The molecular weight excluding hydrogens is 442 g/mol. The number of furan rings is 1. The highest BCUT2D eigenvalue weighted by molar-refractivity contribution is 6.13. The van der Waals surface area contributed by atoms with Crippen molar-refractivity contribution in [3.05, 3.63) is 35.3 Å². The van der Waals surface area contributed by atoms with Crippen molar-refractivity contribution in [2.24, 2.45) is 0 Å². The molecule has 11 nitrogen and oxygen atoms in total. The average Bonchev–Trinajstić information content (AvgIpc) is 3.51. The Bertz CT molecular complexity index is 1100. The van der Waals surface area contributed by atoms with E-state index in [-0.39, 0.29) is 34.9 Å². The van der Waals surface area contributed by atoms with Crippen LogP contribution in [0.3, 0.4) is 0 Å². The SMILES string of the molecule is CC(=O)N1CCN(c2ccc(NC(=O)c3coc4c3C(=O)NCC4)c(O[C@H]3CCOC3)n2)CC1. The predicted octanol–water partition coefficient (Wildman–Crippen LogP) is 1.05. The molecule has 3 aliphatic heterocycles. The number of pyridine rings is 1. The van der Waals surface area contributed by atoms with Crippen LogP contribution in [0.15, 0.2) is 22.8 Å². The minimum Gasteiger partial charge on any atom is -0.470 e. The van der Waals surface area contributed by atoms with E-state index < -0.39 is 5.91 Å². The van der Waals surface area contributed by atoms with Crippen LogP contribution < -0.4 is 20.3 Å². The summed E-state index contributed by atoms with van der Waals surface area (Å²) in [6.45, 7) is 5.66. The van der Waals surface area contributed by atoms with E-state index in [1.807, 2.05) is 6.07 Å². The number of nitrogens with one attached hydrogen (secondary N) is 2. The molecule has 3 aliphatic rings. The van der Waals surface area contributed by atoms with Gasteiger partial charge in [0, 0.05) is 52.5 Å². The lowest BCUT2D eigenvalue weighted by Gasteiger charge is -2.35. The maximum atomic E-state index is 13.1. The number of carbonyl (C=O) groups is 3. The van der Waals surface area contributed by atoms with Gasteiger partial charge in [-0.3, -0.25) is 14.4 Å². The monoisotopic (exact) mass is 469 g/mol. The highest BCUT2D eigenvalue weighted by atomic mass is 16.5. The van der Waals surface area contributed by atoms with Crippen LogP contribution in [-0.4, -0.2) is 79.6 Å². The van der Waals surface area contributed by atoms with Gasteiger partial charge in [0.25, 0.3) is 11.8 Å². The van der Waals surface area contributed by atoms with Gasteiger partial charge in [0.1, 0.15) is 29.6 Å². The van der Waals surface area contributed by atoms with E-state index in [2.05, 4.69) is 15.5 Å². The molecule has 34 heavy (non-hydrogen) atoms. The Hall–Kier alpha value is -3.60. The Morgan fingerprint density at radius 2 is 2.06 bits per heavy atom. The summed E-state index contributed by atoms with van der Waals surface area (Å²) in [5, 5.41) is 5.57. The number of anilines is 2. The van der Waals surface area contributed by atoms with Gasteiger partial charge in [-0.1, -0.05) is 0 Å². The minimum atomic E-state index is -0.473. The van der Waals surface area contributed by atoms with E-state index in [1.165, 1.54) is 6.26 Å². The Kier molecular flexibility index (Phi) is 6.10.